The number of likely N-dealkylation sites (tertiary alicyclic amines) is 1. The molecule has 3 aromatic rings. The smallest absolute Gasteiger partial charge is 0.229 e. The number of benzene rings is 3. The summed E-state index contributed by atoms with van der Waals surface area (Å²) in [5, 5.41) is 6.43. The number of hydrogen-bond acceptors (Lipinski definition) is 3. The van der Waals surface area contributed by atoms with Gasteiger partial charge in [-0.1, -0.05) is 60.2 Å². The molecule has 1 fully saturated rings. The van der Waals surface area contributed by atoms with E-state index in [1.807, 2.05) is 73.7 Å². The minimum Gasteiger partial charge on any atom is -0.379 e. The van der Waals surface area contributed by atoms with Crippen LogP contribution in [0.15, 0.2) is 78.9 Å². The van der Waals surface area contributed by atoms with Gasteiger partial charge >= 0.3 is 0 Å². The maximum Gasteiger partial charge on any atom is 0.229 e. The van der Waals surface area contributed by atoms with Gasteiger partial charge in [0.05, 0.1) is 5.92 Å². The fourth-order valence-corrected chi connectivity index (χ4v) is 3.98. The Hall–Kier alpha value is -3.60. The third-order valence-corrected chi connectivity index (χ3v) is 5.91. The van der Waals surface area contributed by atoms with E-state index in [4.69, 9.17) is 0 Å². The first-order valence-electron chi connectivity index (χ1n) is 11.0. The Balaban J connectivity index is 1.31. The fraction of sp³-hybridized carbons (Fsp3) is 0.259. The summed E-state index contributed by atoms with van der Waals surface area (Å²) in [6, 6.07) is 26.3. The Morgan fingerprint density at radius 2 is 1.62 bits per heavy atom. The molecule has 2 N–H and O–H groups in total. The van der Waals surface area contributed by atoms with Gasteiger partial charge in [0.15, 0.2) is 0 Å². The monoisotopic (exact) mass is 427 g/mol. The Morgan fingerprint density at radius 1 is 0.969 bits per heavy atom. The van der Waals surface area contributed by atoms with Crippen molar-refractivity contribution in [3.05, 3.63) is 95.6 Å². The van der Waals surface area contributed by atoms with Gasteiger partial charge in [-0.3, -0.25) is 9.59 Å². The number of nitrogens with zero attached hydrogens (tertiary/aromatic N) is 1. The van der Waals surface area contributed by atoms with Crippen LogP contribution in [0.3, 0.4) is 0 Å². The van der Waals surface area contributed by atoms with Crippen molar-refractivity contribution < 1.29 is 9.59 Å². The molecule has 3 aromatic carbocycles. The highest BCUT2D eigenvalue weighted by Gasteiger charge is 2.34. The van der Waals surface area contributed by atoms with Gasteiger partial charge in [-0.15, -0.1) is 0 Å². The predicted molar refractivity (Wildman–Crippen MR) is 128 cm³/mol. The van der Waals surface area contributed by atoms with Gasteiger partial charge in [-0.2, -0.15) is 0 Å². The Labute approximate surface area is 189 Å². The fourth-order valence-electron chi connectivity index (χ4n) is 3.98. The average Bonchev–Trinajstić information content (AvgIpc) is 3.17. The first kappa shape index (κ1) is 21.6. The largest absolute Gasteiger partial charge is 0.379 e. The molecule has 2 atom stereocenters. The van der Waals surface area contributed by atoms with Gasteiger partial charge in [0.1, 0.15) is 0 Å². The van der Waals surface area contributed by atoms with E-state index in [1.54, 1.807) is 4.90 Å². The molecular formula is C27H29N3O2. The van der Waals surface area contributed by atoms with Crippen molar-refractivity contribution >= 4 is 23.2 Å². The molecule has 32 heavy (non-hydrogen) atoms. The third kappa shape index (κ3) is 5.35. The van der Waals surface area contributed by atoms with E-state index in [1.165, 1.54) is 11.1 Å². The molecule has 5 nitrogen and oxygen atoms in total. The zero-order valence-electron chi connectivity index (χ0n) is 18.5. The lowest BCUT2D eigenvalue weighted by atomic mass is 10.1. The zero-order chi connectivity index (χ0) is 22.5. The Morgan fingerprint density at radius 3 is 2.31 bits per heavy atom. The van der Waals surface area contributed by atoms with Gasteiger partial charge in [0, 0.05) is 36.9 Å². The molecule has 0 spiro atoms. The van der Waals surface area contributed by atoms with E-state index in [-0.39, 0.29) is 30.2 Å². The van der Waals surface area contributed by atoms with Gasteiger partial charge in [-0.25, -0.2) is 0 Å². The lowest BCUT2D eigenvalue weighted by Crippen LogP contribution is -2.28. The SMILES string of the molecule is Cc1ccc(CN2CC(C(=O)Nc3ccc(NC(C)c4ccccc4)cc3)CC2=O)cc1. The average molecular weight is 428 g/mol. The van der Waals surface area contributed by atoms with E-state index >= 15 is 0 Å². The molecule has 1 heterocycles. The summed E-state index contributed by atoms with van der Waals surface area (Å²) >= 11 is 0. The number of nitrogens with one attached hydrogen (secondary N) is 2. The molecule has 1 saturated heterocycles. The number of aryl methyl sites for hydroxylation is 1. The van der Waals surface area contributed by atoms with Crippen molar-refractivity contribution in [1.82, 2.24) is 4.90 Å². The van der Waals surface area contributed by atoms with E-state index < -0.39 is 0 Å². The van der Waals surface area contributed by atoms with E-state index in [0.29, 0.717) is 13.1 Å². The van der Waals surface area contributed by atoms with Crippen LogP contribution in [0.2, 0.25) is 0 Å². The number of amides is 2. The quantitative estimate of drug-likeness (QED) is 0.548. The van der Waals surface area contributed by atoms with Crippen LogP contribution in [0, 0.1) is 12.8 Å². The molecule has 1 aliphatic heterocycles. The summed E-state index contributed by atoms with van der Waals surface area (Å²) in [7, 11) is 0. The van der Waals surface area contributed by atoms with Gasteiger partial charge in [0.25, 0.3) is 0 Å². The van der Waals surface area contributed by atoms with Crippen LogP contribution in [-0.4, -0.2) is 23.3 Å². The van der Waals surface area contributed by atoms with E-state index in [2.05, 4.69) is 29.7 Å². The van der Waals surface area contributed by atoms with E-state index in [9.17, 15) is 9.59 Å². The molecule has 2 amide bonds. The topological polar surface area (TPSA) is 61.4 Å². The predicted octanol–water partition coefficient (Wildman–Crippen LogP) is 5.16. The number of anilines is 2. The molecule has 0 aliphatic carbocycles. The molecule has 0 radical (unpaired) electrons. The van der Waals surface area contributed by atoms with Crippen molar-refractivity contribution in [2.75, 3.05) is 17.2 Å². The number of carbonyl (C=O) groups is 2. The summed E-state index contributed by atoms with van der Waals surface area (Å²) in [4.78, 5) is 26.9. The summed E-state index contributed by atoms with van der Waals surface area (Å²) in [5.74, 6) is -0.410. The standard InChI is InChI=1S/C27H29N3O2/c1-19-8-10-21(11-9-19)17-30-18-23(16-26(30)31)27(32)29-25-14-12-24(13-15-25)28-20(2)22-6-4-3-5-7-22/h3-15,20,23,28H,16-18H2,1-2H3,(H,29,32). The Kier molecular flexibility index (Phi) is 6.55. The molecule has 1 aliphatic rings. The molecule has 0 saturated carbocycles. The lowest BCUT2D eigenvalue weighted by Gasteiger charge is -2.17. The normalized spacial score (nSPS) is 16.6. The van der Waals surface area contributed by atoms with Crippen LogP contribution in [-0.2, 0) is 16.1 Å². The first-order valence-corrected chi connectivity index (χ1v) is 11.0. The van der Waals surface area contributed by atoms with Crippen LogP contribution in [0.1, 0.15) is 36.1 Å². The van der Waals surface area contributed by atoms with Crippen LogP contribution < -0.4 is 10.6 Å². The highest BCUT2D eigenvalue weighted by Crippen LogP contribution is 2.24. The second-order valence-corrected chi connectivity index (χ2v) is 8.50. The highest BCUT2D eigenvalue weighted by molar-refractivity contribution is 5.97. The van der Waals surface area contributed by atoms with Crippen molar-refractivity contribution in [3.8, 4) is 0 Å². The van der Waals surface area contributed by atoms with Crippen molar-refractivity contribution in [2.24, 2.45) is 5.92 Å². The minimum atomic E-state index is -0.330. The van der Waals surface area contributed by atoms with Crippen LogP contribution in [0.5, 0.6) is 0 Å². The van der Waals surface area contributed by atoms with Gasteiger partial charge < -0.3 is 15.5 Å². The highest BCUT2D eigenvalue weighted by atomic mass is 16.2. The minimum absolute atomic E-state index is 0.0279. The summed E-state index contributed by atoms with van der Waals surface area (Å²) in [5.41, 5.74) is 5.20. The Bertz CT molecular complexity index is 1060. The third-order valence-electron chi connectivity index (χ3n) is 5.91. The second-order valence-electron chi connectivity index (χ2n) is 8.50. The van der Waals surface area contributed by atoms with Crippen LogP contribution in [0.4, 0.5) is 11.4 Å². The van der Waals surface area contributed by atoms with Crippen molar-refractivity contribution in [3.63, 3.8) is 0 Å². The number of rotatable bonds is 7. The summed E-state index contributed by atoms with van der Waals surface area (Å²) in [6.07, 6.45) is 0.256. The molecule has 4 rings (SSSR count). The van der Waals surface area contributed by atoms with Gasteiger partial charge in [0.2, 0.25) is 11.8 Å². The van der Waals surface area contributed by atoms with Gasteiger partial charge in [-0.05, 0) is 49.2 Å². The van der Waals surface area contributed by atoms with Crippen LogP contribution in [0.25, 0.3) is 0 Å². The van der Waals surface area contributed by atoms with E-state index in [0.717, 1.165) is 16.9 Å². The maximum absolute atomic E-state index is 12.7. The molecule has 0 aromatic heterocycles. The molecule has 5 heteroatoms. The lowest BCUT2D eigenvalue weighted by molar-refractivity contribution is -0.128. The molecule has 164 valence electrons. The summed E-state index contributed by atoms with van der Waals surface area (Å²) in [6.45, 7) is 5.15. The van der Waals surface area contributed by atoms with Crippen molar-refractivity contribution in [1.29, 1.82) is 0 Å². The molecule has 0 bridgehead atoms. The number of hydrogen-bond donors (Lipinski definition) is 2. The zero-order valence-corrected chi connectivity index (χ0v) is 18.5. The van der Waals surface area contributed by atoms with Crippen LogP contribution >= 0.6 is 0 Å². The molecular weight excluding hydrogens is 398 g/mol. The second kappa shape index (κ2) is 9.69. The maximum atomic E-state index is 12.7. The van der Waals surface area contributed by atoms with Crippen molar-refractivity contribution in [2.45, 2.75) is 32.9 Å². The number of carbonyl (C=O) groups excluding carboxylic acids is 2. The summed E-state index contributed by atoms with van der Waals surface area (Å²) < 4.78 is 0. The molecule has 2 unspecified atom stereocenters. The first-order chi connectivity index (χ1) is 15.5.